The van der Waals surface area contributed by atoms with Gasteiger partial charge < -0.3 is 10.6 Å². The number of amides is 2. The molecule has 0 radical (unpaired) electrons. The fourth-order valence-corrected chi connectivity index (χ4v) is 3.35. The number of urea groups is 1. The van der Waals surface area contributed by atoms with Crippen LogP contribution in [0.5, 0.6) is 0 Å². The summed E-state index contributed by atoms with van der Waals surface area (Å²) in [6.07, 6.45) is 10.6. The molecule has 2 aliphatic rings. The first-order valence-corrected chi connectivity index (χ1v) is 8.34. The van der Waals surface area contributed by atoms with E-state index < -0.39 is 0 Å². The van der Waals surface area contributed by atoms with Crippen molar-refractivity contribution < 1.29 is 4.79 Å². The van der Waals surface area contributed by atoms with Gasteiger partial charge in [-0.1, -0.05) is 30.4 Å². The maximum Gasteiger partial charge on any atom is 0.319 e. The summed E-state index contributed by atoms with van der Waals surface area (Å²) in [5.41, 5.74) is 0.838. The predicted octanol–water partition coefficient (Wildman–Crippen LogP) is 3.38. The summed E-state index contributed by atoms with van der Waals surface area (Å²) < 4.78 is 0. The number of likely N-dealkylation sites (tertiary alicyclic amines) is 1. The van der Waals surface area contributed by atoms with Crippen LogP contribution in [-0.4, -0.2) is 36.1 Å². The molecule has 1 aromatic rings. The van der Waals surface area contributed by atoms with Crippen molar-refractivity contribution in [2.75, 3.05) is 18.4 Å². The Bertz CT molecular complexity index is 506. The lowest BCUT2D eigenvalue weighted by molar-refractivity contribution is 0.158. The largest absolute Gasteiger partial charge is 0.335 e. The second kappa shape index (κ2) is 7.45. The maximum atomic E-state index is 12.0. The van der Waals surface area contributed by atoms with Gasteiger partial charge in [-0.25, -0.2) is 4.79 Å². The van der Waals surface area contributed by atoms with E-state index in [9.17, 15) is 4.79 Å². The van der Waals surface area contributed by atoms with Crippen LogP contribution in [0.3, 0.4) is 0 Å². The quantitative estimate of drug-likeness (QED) is 0.840. The van der Waals surface area contributed by atoms with Gasteiger partial charge in [0.25, 0.3) is 0 Å². The first-order valence-electron chi connectivity index (χ1n) is 8.34. The van der Waals surface area contributed by atoms with Crippen molar-refractivity contribution in [3.8, 4) is 0 Å². The summed E-state index contributed by atoms with van der Waals surface area (Å²) in [4.78, 5) is 14.6. The molecule has 1 heterocycles. The summed E-state index contributed by atoms with van der Waals surface area (Å²) in [7, 11) is 0. The van der Waals surface area contributed by atoms with Crippen LogP contribution < -0.4 is 10.6 Å². The molecule has 0 aromatic heterocycles. The molecular weight excluding hydrogens is 274 g/mol. The Morgan fingerprint density at radius 1 is 1.09 bits per heavy atom. The normalized spacial score (nSPS) is 23.2. The van der Waals surface area contributed by atoms with Crippen molar-refractivity contribution in [2.24, 2.45) is 0 Å². The van der Waals surface area contributed by atoms with Crippen LogP contribution in [0.4, 0.5) is 10.5 Å². The molecule has 0 unspecified atom stereocenters. The number of hydrogen-bond acceptors (Lipinski definition) is 2. The Morgan fingerprint density at radius 2 is 1.86 bits per heavy atom. The van der Waals surface area contributed by atoms with Crippen LogP contribution in [0.15, 0.2) is 42.5 Å². The van der Waals surface area contributed by atoms with Gasteiger partial charge in [-0.3, -0.25) is 4.90 Å². The van der Waals surface area contributed by atoms with Crippen LogP contribution >= 0.6 is 0 Å². The van der Waals surface area contributed by atoms with Crippen LogP contribution in [0.1, 0.15) is 32.1 Å². The van der Waals surface area contributed by atoms with E-state index in [0.29, 0.717) is 6.04 Å². The van der Waals surface area contributed by atoms with Gasteiger partial charge in [0.1, 0.15) is 0 Å². The average molecular weight is 299 g/mol. The van der Waals surface area contributed by atoms with Crippen molar-refractivity contribution in [1.82, 2.24) is 10.2 Å². The van der Waals surface area contributed by atoms with Gasteiger partial charge in [-0.05, 0) is 44.2 Å². The molecule has 1 saturated heterocycles. The van der Waals surface area contributed by atoms with E-state index in [0.717, 1.165) is 31.6 Å². The molecule has 22 heavy (non-hydrogen) atoms. The summed E-state index contributed by atoms with van der Waals surface area (Å²) in [6, 6.07) is 10.4. The molecule has 3 rings (SSSR count). The monoisotopic (exact) mass is 299 g/mol. The lowest BCUT2D eigenvalue weighted by atomic mass is 9.97. The van der Waals surface area contributed by atoms with Crippen molar-refractivity contribution in [1.29, 1.82) is 0 Å². The summed E-state index contributed by atoms with van der Waals surface area (Å²) in [5, 5.41) is 5.99. The number of hydrogen-bond donors (Lipinski definition) is 2. The van der Waals surface area contributed by atoms with E-state index in [2.05, 4.69) is 27.7 Å². The van der Waals surface area contributed by atoms with Crippen LogP contribution in [0.25, 0.3) is 0 Å². The molecule has 118 valence electrons. The van der Waals surface area contributed by atoms with Crippen LogP contribution in [-0.2, 0) is 0 Å². The lowest BCUT2D eigenvalue weighted by Crippen LogP contribution is -2.48. The molecular formula is C18H25N3O. The van der Waals surface area contributed by atoms with Crippen molar-refractivity contribution in [2.45, 2.75) is 44.2 Å². The molecule has 1 aliphatic carbocycles. The van der Waals surface area contributed by atoms with Crippen LogP contribution in [0.2, 0.25) is 0 Å². The minimum atomic E-state index is -0.0952. The molecule has 0 bridgehead atoms. The fraction of sp³-hybridized carbons (Fsp3) is 0.500. The van der Waals surface area contributed by atoms with Gasteiger partial charge in [0.05, 0.1) is 0 Å². The molecule has 0 spiro atoms. The number of carbonyl (C=O) groups excluding carboxylic acids is 1. The van der Waals surface area contributed by atoms with E-state index in [1.54, 1.807) is 0 Å². The number of nitrogens with one attached hydrogen (secondary N) is 2. The highest BCUT2D eigenvalue weighted by Crippen LogP contribution is 2.21. The van der Waals surface area contributed by atoms with Crippen LogP contribution in [0, 0.1) is 0 Å². The third kappa shape index (κ3) is 4.10. The van der Waals surface area contributed by atoms with Crippen molar-refractivity contribution in [3.63, 3.8) is 0 Å². The second-order valence-corrected chi connectivity index (χ2v) is 6.20. The number of benzene rings is 1. The predicted molar refractivity (Wildman–Crippen MR) is 90.0 cm³/mol. The standard InChI is InChI=1S/C18H25N3O/c22-18(19-15-7-3-1-4-8-15)20-16-11-13-21(14-12-16)17-9-5-2-6-10-17/h1,3-5,7-9,16-17H,2,6,10-14H2,(H2,19,20,22)/t17-/m0/s1. The number of carbonyl (C=O) groups is 1. The Morgan fingerprint density at radius 3 is 2.55 bits per heavy atom. The summed E-state index contributed by atoms with van der Waals surface area (Å²) >= 11 is 0. The van der Waals surface area contributed by atoms with Gasteiger partial charge in [0, 0.05) is 30.9 Å². The lowest BCUT2D eigenvalue weighted by Gasteiger charge is -2.37. The number of anilines is 1. The number of rotatable bonds is 3. The van der Waals surface area contributed by atoms with E-state index in [1.165, 1.54) is 19.3 Å². The third-order valence-electron chi connectivity index (χ3n) is 4.59. The summed E-state index contributed by atoms with van der Waals surface area (Å²) in [6.45, 7) is 2.15. The molecule has 2 amide bonds. The Labute approximate surface area is 132 Å². The van der Waals surface area contributed by atoms with E-state index in [4.69, 9.17) is 0 Å². The molecule has 4 nitrogen and oxygen atoms in total. The second-order valence-electron chi connectivity index (χ2n) is 6.20. The minimum Gasteiger partial charge on any atom is -0.335 e. The maximum absolute atomic E-state index is 12.0. The zero-order chi connectivity index (χ0) is 15.2. The number of allylic oxidation sites excluding steroid dienone is 1. The average Bonchev–Trinajstić information content (AvgIpc) is 2.57. The zero-order valence-corrected chi connectivity index (χ0v) is 13.0. The molecule has 0 saturated carbocycles. The van der Waals surface area contributed by atoms with Gasteiger partial charge >= 0.3 is 6.03 Å². The van der Waals surface area contributed by atoms with E-state index in [1.807, 2.05) is 30.3 Å². The molecule has 1 aromatic carbocycles. The van der Waals surface area contributed by atoms with Crippen molar-refractivity contribution >= 4 is 11.7 Å². The highest BCUT2D eigenvalue weighted by molar-refractivity contribution is 5.89. The first kappa shape index (κ1) is 15.1. The molecule has 1 aliphatic heterocycles. The zero-order valence-electron chi connectivity index (χ0n) is 13.0. The Balaban J connectivity index is 1.42. The molecule has 1 fully saturated rings. The molecule has 2 N–H and O–H groups in total. The Kier molecular flexibility index (Phi) is 5.11. The van der Waals surface area contributed by atoms with E-state index in [-0.39, 0.29) is 12.1 Å². The first-order chi connectivity index (χ1) is 10.8. The van der Waals surface area contributed by atoms with Gasteiger partial charge in [0.2, 0.25) is 0 Å². The minimum absolute atomic E-state index is 0.0952. The highest BCUT2D eigenvalue weighted by Gasteiger charge is 2.25. The fourth-order valence-electron chi connectivity index (χ4n) is 3.35. The van der Waals surface area contributed by atoms with Crippen molar-refractivity contribution in [3.05, 3.63) is 42.5 Å². The summed E-state index contributed by atoms with van der Waals surface area (Å²) in [5.74, 6) is 0. The molecule has 4 heteroatoms. The number of para-hydroxylation sites is 1. The van der Waals surface area contributed by atoms with Gasteiger partial charge in [0.15, 0.2) is 0 Å². The van der Waals surface area contributed by atoms with Gasteiger partial charge in [-0.2, -0.15) is 0 Å². The smallest absolute Gasteiger partial charge is 0.319 e. The molecule has 1 atom stereocenters. The SMILES string of the molecule is O=C(Nc1ccccc1)NC1CCN([C@H]2C=CCCC2)CC1. The number of piperidine rings is 1. The Hall–Kier alpha value is -1.81. The third-order valence-corrected chi connectivity index (χ3v) is 4.59. The number of nitrogens with zero attached hydrogens (tertiary/aromatic N) is 1. The van der Waals surface area contributed by atoms with Gasteiger partial charge in [-0.15, -0.1) is 0 Å². The highest BCUT2D eigenvalue weighted by atomic mass is 16.2. The van der Waals surface area contributed by atoms with E-state index >= 15 is 0 Å². The topological polar surface area (TPSA) is 44.4 Å².